The molecule has 0 unspecified atom stereocenters. The van der Waals surface area contributed by atoms with E-state index >= 15 is 0 Å². The number of likely N-dealkylation sites (N-methyl/N-ethyl adjacent to an activating group) is 1. The fraction of sp³-hybridized carbons (Fsp3) is 0.667. The molecule has 3 nitrogen and oxygen atoms in total. The SMILES string of the molecule is C=CC(=O)OCCN(C)C(C)C. The van der Waals surface area contributed by atoms with Gasteiger partial charge in [-0.05, 0) is 20.9 Å². The van der Waals surface area contributed by atoms with E-state index in [1.165, 1.54) is 6.08 Å². The second-order valence-corrected chi connectivity index (χ2v) is 2.95. The predicted molar refractivity (Wildman–Crippen MR) is 48.9 cm³/mol. The Kier molecular flexibility index (Phi) is 5.37. The maximum absolute atomic E-state index is 10.6. The summed E-state index contributed by atoms with van der Waals surface area (Å²) in [5, 5.41) is 0. The zero-order valence-electron chi connectivity index (χ0n) is 8.04. The smallest absolute Gasteiger partial charge is 0.330 e. The van der Waals surface area contributed by atoms with Crippen molar-refractivity contribution in [3.8, 4) is 0 Å². The normalized spacial score (nSPS) is 10.4. The average Bonchev–Trinajstić information content (AvgIpc) is 2.03. The van der Waals surface area contributed by atoms with Gasteiger partial charge in [0.2, 0.25) is 0 Å². The first kappa shape index (κ1) is 11.2. The highest BCUT2D eigenvalue weighted by molar-refractivity contribution is 5.81. The number of carbonyl (C=O) groups is 1. The number of nitrogens with zero attached hydrogens (tertiary/aromatic N) is 1. The van der Waals surface area contributed by atoms with Crippen LogP contribution in [0.25, 0.3) is 0 Å². The summed E-state index contributed by atoms with van der Waals surface area (Å²) < 4.78 is 4.81. The Labute approximate surface area is 74.0 Å². The van der Waals surface area contributed by atoms with Gasteiger partial charge in [-0.1, -0.05) is 6.58 Å². The molecule has 0 aromatic carbocycles. The molecule has 3 heteroatoms. The van der Waals surface area contributed by atoms with E-state index in [0.29, 0.717) is 12.6 Å². The lowest BCUT2D eigenvalue weighted by atomic mass is 10.3. The van der Waals surface area contributed by atoms with Crippen molar-refractivity contribution in [2.24, 2.45) is 0 Å². The molecule has 12 heavy (non-hydrogen) atoms. The van der Waals surface area contributed by atoms with Crippen LogP contribution in [0.3, 0.4) is 0 Å². The van der Waals surface area contributed by atoms with E-state index in [1.807, 2.05) is 7.05 Å². The molecule has 0 heterocycles. The number of carbonyl (C=O) groups excluding carboxylic acids is 1. The molecule has 0 aromatic heterocycles. The topological polar surface area (TPSA) is 29.5 Å². The first-order chi connectivity index (χ1) is 5.57. The first-order valence-corrected chi connectivity index (χ1v) is 4.07. The van der Waals surface area contributed by atoms with Crippen LogP contribution >= 0.6 is 0 Å². The van der Waals surface area contributed by atoms with Crippen LogP contribution in [0.15, 0.2) is 12.7 Å². The third kappa shape index (κ3) is 4.91. The molecule has 0 amide bonds. The van der Waals surface area contributed by atoms with Gasteiger partial charge in [0.05, 0.1) is 0 Å². The summed E-state index contributed by atoms with van der Waals surface area (Å²) in [6, 6.07) is 0.479. The lowest BCUT2D eigenvalue weighted by Crippen LogP contribution is -2.30. The Balaban J connectivity index is 3.43. The van der Waals surface area contributed by atoms with Gasteiger partial charge in [-0.3, -0.25) is 0 Å². The summed E-state index contributed by atoms with van der Waals surface area (Å²) in [4.78, 5) is 12.7. The second-order valence-electron chi connectivity index (χ2n) is 2.95. The van der Waals surface area contributed by atoms with Crippen molar-refractivity contribution in [2.45, 2.75) is 19.9 Å². The highest BCUT2D eigenvalue weighted by Crippen LogP contribution is 1.92. The highest BCUT2D eigenvalue weighted by atomic mass is 16.5. The van der Waals surface area contributed by atoms with Gasteiger partial charge < -0.3 is 9.64 Å². The first-order valence-electron chi connectivity index (χ1n) is 4.07. The van der Waals surface area contributed by atoms with Crippen molar-refractivity contribution < 1.29 is 9.53 Å². The van der Waals surface area contributed by atoms with E-state index < -0.39 is 0 Å². The average molecular weight is 171 g/mol. The maximum Gasteiger partial charge on any atom is 0.330 e. The Morgan fingerprint density at radius 1 is 1.67 bits per heavy atom. The highest BCUT2D eigenvalue weighted by Gasteiger charge is 2.03. The van der Waals surface area contributed by atoms with Crippen LogP contribution in [0.2, 0.25) is 0 Å². The molecule has 0 N–H and O–H groups in total. The molecule has 0 aliphatic rings. The number of rotatable bonds is 5. The minimum atomic E-state index is -0.354. The molecule has 0 saturated carbocycles. The van der Waals surface area contributed by atoms with Crippen LogP contribution in [0.5, 0.6) is 0 Å². The molecule has 0 atom stereocenters. The predicted octanol–water partition coefficient (Wildman–Crippen LogP) is 1.06. The van der Waals surface area contributed by atoms with E-state index in [0.717, 1.165) is 6.54 Å². The number of hydrogen-bond donors (Lipinski definition) is 0. The molecule has 0 bridgehead atoms. The molecule has 0 fully saturated rings. The van der Waals surface area contributed by atoms with E-state index in [9.17, 15) is 4.79 Å². The summed E-state index contributed by atoms with van der Waals surface area (Å²) in [5.41, 5.74) is 0. The van der Waals surface area contributed by atoms with E-state index in [1.54, 1.807) is 0 Å². The van der Waals surface area contributed by atoms with Gasteiger partial charge in [0.1, 0.15) is 6.61 Å². The molecule has 0 radical (unpaired) electrons. The molecule has 0 aromatic rings. The fourth-order valence-electron chi connectivity index (χ4n) is 0.607. The summed E-state index contributed by atoms with van der Waals surface area (Å²) in [7, 11) is 1.99. The maximum atomic E-state index is 10.6. The summed E-state index contributed by atoms with van der Waals surface area (Å²) in [6.07, 6.45) is 1.18. The molecule has 0 spiro atoms. The number of hydrogen-bond acceptors (Lipinski definition) is 3. The number of esters is 1. The zero-order valence-corrected chi connectivity index (χ0v) is 8.04. The molecular formula is C9H17NO2. The van der Waals surface area contributed by atoms with Crippen molar-refractivity contribution in [1.29, 1.82) is 0 Å². The fourth-order valence-corrected chi connectivity index (χ4v) is 0.607. The Bertz CT molecular complexity index is 155. The molecule has 0 aliphatic carbocycles. The quantitative estimate of drug-likeness (QED) is 0.457. The number of ether oxygens (including phenoxy) is 1. The van der Waals surface area contributed by atoms with Crippen LogP contribution in [-0.2, 0) is 9.53 Å². The van der Waals surface area contributed by atoms with Crippen molar-refractivity contribution in [3.05, 3.63) is 12.7 Å². The summed E-state index contributed by atoms with van der Waals surface area (Å²) in [5.74, 6) is -0.354. The van der Waals surface area contributed by atoms with Gasteiger partial charge in [0, 0.05) is 18.7 Å². The van der Waals surface area contributed by atoms with Crippen LogP contribution in [0, 0.1) is 0 Å². The molecular weight excluding hydrogens is 154 g/mol. The van der Waals surface area contributed by atoms with Crippen LogP contribution in [0.4, 0.5) is 0 Å². The Morgan fingerprint density at radius 2 is 2.25 bits per heavy atom. The van der Waals surface area contributed by atoms with Gasteiger partial charge >= 0.3 is 5.97 Å². The van der Waals surface area contributed by atoms with E-state index in [4.69, 9.17) is 4.74 Å². The molecule has 0 saturated heterocycles. The van der Waals surface area contributed by atoms with Crippen LogP contribution in [-0.4, -0.2) is 37.1 Å². The summed E-state index contributed by atoms with van der Waals surface area (Å²) >= 11 is 0. The zero-order chi connectivity index (χ0) is 9.56. The lowest BCUT2D eigenvalue weighted by Gasteiger charge is -2.20. The van der Waals surface area contributed by atoms with Crippen molar-refractivity contribution >= 4 is 5.97 Å². The van der Waals surface area contributed by atoms with E-state index in [-0.39, 0.29) is 5.97 Å². The van der Waals surface area contributed by atoms with Crippen molar-refractivity contribution in [3.63, 3.8) is 0 Å². The standard InChI is InChI=1S/C9H17NO2/c1-5-9(11)12-7-6-10(4)8(2)3/h5,8H,1,6-7H2,2-4H3. The molecule has 70 valence electrons. The van der Waals surface area contributed by atoms with Gasteiger partial charge in [-0.25, -0.2) is 4.79 Å². The third-order valence-electron chi connectivity index (χ3n) is 1.74. The van der Waals surface area contributed by atoms with Crippen molar-refractivity contribution in [1.82, 2.24) is 4.90 Å². The molecule has 0 rings (SSSR count). The monoisotopic (exact) mass is 171 g/mol. The Morgan fingerprint density at radius 3 is 2.67 bits per heavy atom. The minimum absolute atomic E-state index is 0.354. The van der Waals surface area contributed by atoms with Gasteiger partial charge in [0.25, 0.3) is 0 Å². The summed E-state index contributed by atoms with van der Waals surface area (Å²) in [6.45, 7) is 8.68. The molecule has 0 aliphatic heterocycles. The van der Waals surface area contributed by atoms with Gasteiger partial charge in [-0.15, -0.1) is 0 Å². The largest absolute Gasteiger partial charge is 0.461 e. The van der Waals surface area contributed by atoms with Gasteiger partial charge in [0.15, 0.2) is 0 Å². The van der Waals surface area contributed by atoms with Gasteiger partial charge in [-0.2, -0.15) is 0 Å². The van der Waals surface area contributed by atoms with E-state index in [2.05, 4.69) is 25.3 Å². The lowest BCUT2D eigenvalue weighted by molar-refractivity contribution is -0.138. The van der Waals surface area contributed by atoms with Crippen LogP contribution < -0.4 is 0 Å². The third-order valence-corrected chi connectivity index (χ3v) is 1.74. The Hall–Kier alpha value is -0.830. The second kappa shape index (κ2) is 5.77. The van der Waals surface area contributed by atoms with Crippen LogP contribution in [0.1, 0.15) is 13.8 Å². The van der Waals surface area contributed by atoms with Crippen molar-refractivity contribution in [2.75, 3.05) is 20.2 Å². The minimum Gasteiger partial charge on any atom is -0.461 e.